The molecule has 0 aromatic heterocycles. The number of amides is 1. The minimum atomic E-state index is -2.10. The number of unbranched alkanes of at least 4 members (excludes halogenated alkanes) is 1. The number of hydrogen-bond acceptors (Lipinski definition) is 12. The maximum absolute atomic E-state index is 13.5. The molecular formula is C38H49NO10S2. The van der Waals surface area contributed by atoms with Crippen molar-refractivity contribution >= 4 is 33.7 Å². The number of nitrogens with one attached hydrogen (secondary N) is 1. The van der Waals surface area contributed by atoms with Crippen molar-refractivity contribution in [3.63, 3.8) is 0 Å². The van der Waals surface area contributed by atoms with E-state index in [-0.39, 0.29) is 21.8 Å². The molecule has 5 rings (SSSR count). The van der Waals surface area contributed by atoms with Gasteiger partial charge in [-0.1, -0.05) is 64.9 Å². The Morgan fingerprint density at radius 2 is 1.86 bits per heavy atom. The van der Waals surface area contributed by atoms with E-state index in [1.165, 1.54) is 14.2 Å². The summed E-state index contributed by atoms with van der Waals surface area (Å²) in [5, 5.41) is 28.0. The fourth-order valence-electron chi connectivity index (χ4n) is 7.43. The predicted molar refractivity (Wildman–Crippen MR) is 197 cm³/mol. The minimum Gasteiger partial charge on any atom is -0.497 e. The van der Waals surface area contributed by atoms with Gasteiger partial charge in [0, 0.05) is 36.3 Å². The highest BCUT2D eigenvalue weighted by Crippen LogP contribution is 2.69. The summed E-state index contributed by atoms with van der Waals surface area (Å²) in [6.07, 6.45) is 5.25. The number of allylic oxidation sites excluding steroid dienone is 2. The zero-order valence-electron chi connectivity index (χ0n) is 30.0. The number of esters is 1. The number of hydrogen-bond donors (Lipinski definition) is 3. The molecule has 3 N–H and O–H groups in total. The molecule has 0 radical (unpaired) electrons. The van der Waals surface area contributed by atoms with E-state index >= 15 is 0 Å². The van der Waals surface area contributed by atoms with Crippen molar-refractivity contribution in [2.45, 2.75) is 68.0 Å². The number of methoxy groups -OCH3 is 3. The zero-order chi connectivity index (χ0) is 36.8. The maximum atomic E-state index is 13.5. The van der Waals surface area contributed by atoms with Gasteiger partial charge in [-0.2, -0.15) is 0 Å². The Labute approximate surface area is 307 Å². The number of carbonyl (C=O) groups is 2. The summed E-state index contributed by atoms with van der Waals surface area (Å²) >= 11 is 0. The predicted octanol–water partition coefficient (Wildman–Crippen LogP) is 6.13. The van der Waals surface area contributed by atoms with E-state index in [0.717, 1.165) is 5.75 Å². The van der Waals surface area contributed by atoms with E-state index in [2.05, 4.69) is 12.2 Å². The lowest BCUT2D eigenvalue weighted by molar-refractivity contribution is -0.167. The van der Waals surface area contributed by atoms with Crippen LogP contribution in [0.1, 0.15) is 57.1 Å². The van der Waals surface area contributed by atoms with Gasteiger partial charge in [-0.3, -0.25) is 4.79 Å². The normalized spacial score (nSPS) is 26.3. The summed E-state index contributed by atoms with van der Waals surface area (Å²) in [6.45, 7) is 7.25. The third-order valence-corrected chi connectivity index (χ3v) is 13.0. The first-order valence-electron chi connectivity index (χ1n) is 17.2. The van der Waals surface area contributed by atoms with Gasteiger partial charge < -0.3 is 44.0 Å². The standard InChI is InChI=1S/C38H49NO10S2/c1-7-50-51-36(2,3)23-48-35(42)39-19-11-12-20-47-27-21-28(45-5)32-29(22-27)49-38(25-15-17-26(44-4)18-16-25)31(24-13-9-8-10-14-24)30(34(41)46-6)33(40)37(32,38)43/h8-10,13-15,17-18,21-22,25,30-31,33,40,43H,7,11-12,16,19-20,23H2,1-6H3,(H,39,42)/t25?,30-,31-,33-,37+,38+/m0/s1. The second-order valence-corrected chi connectivity index (χ2v) is 16.7. The van der Waals surface area contributed by atoms with Gasteiger partial charge in [0.1, 0.15) is 35.7 Å². The van der Waals surface area contributed by atoms with Crippen molar-refractivity contribution in [1.29, 1.82) is 0 Å². The van der Waals surface area contributed by atoms with E-state index in [9.17, 15) is 19.8 Å². The topological polar surface area (TPSA) is 142 Å². The largest absolute Gasteiger partial charge is 0.497 e. The monoisotopic (exact) mass is 743 g/mol. The summed E-state index contributed by atoms with van der Waals surface area (Å²) in [5.41, 5.74) is -2.71. The Balaban J connectivity index is 1.37. The van der Waals surface area contributed by atoms with Crippen LogP contribution in [-0.2, 0) is 24.6 Å². The highest BCUT2D eigenvalue weighted by atomic mass is 33.1. The van der Waals surface area contributed by atoms with Crippen LogP contribution in [0.2, 0.25) is 0 Å². The molecule has 278 valence electrons. The summed E-state index contributed by atoms with van der Waals surface area (Å²) in [4.78, 5) is 25.7. The maximum Gasteiger partial charge on any atom is 0.407 e. The lowest BCUT2D eigenvalue weighted by atomic mass is 9.65. The summed E-state index contributed by atoms with van der Waals surface area (Å²) in [7, 11) is 7.76. The Bertz CT molecular complexity index is 1600. The number of aliphatic hydroxyl groups excluding tert-OH is 1. The van der Waals surface area contributed by atoms with Crippen LogP contribution in [0.25, 0.3) is 0 Å². The van der Waals surface area contributed by atoms with Gasteiger partial charge in [0.2, 0.25) is 0 Å². The van der Waals surface area contributed by atoms with Gasteiger partial charge in [-0.15, -0.1) is 0 Å². The van der Waals surface area contributed by atoms with Crippen molar-refractivity contribution in [2.75, 3.05) is 46.8 Å². The molecule has 1 amide bonds. The van der Waals surface area contributed by atoms with Crippen LogP contribution in [0.5, 0.6) is 17.2 Å². The number of alkyl carbamates (subject to hydrolysis) is 1. The molecule has 1 aliphatic heterocycles. The Kier molecular flexibility index (Phi) is 12.5. The van der Waals surface area contributed by atoms with E-state index in [4.69, 9.17) is 28.4 Å². The molecule has 2 aromatic rings. The third kappa shape index (κ3) is 7.53. The van der Waals surface area contributed by atoms with Gasteiger partial charge in [-0.25, -0.2) is 4.79 Å². The van der Waals surface area contributed by atoms with Gasteiger partial charge in [0.15, 0.2) is 11.2 Å². The zero-order valence-corrected chi connectivity index (χ0v) is 31.6. The minimum absolute atomic E-state index is 0.179. The second-order valence-electron chi connectivity index (χ2n) is 13.4. The van der Waals surface area contributed by atoms with Crippen molar-refractivity contribution in [1.82, 2.24) is 5.32 Å². The lowest BCUT2D eigenvalue weighted by Crippen LogP contribution is -2.58. The van der Waals surface area contributed by atoms with Crippen molar-refractivity contribution in [3.8, 4) is 17.2 Å². The molecular weight excluding hydrogens is 695 g/mol. The molecule has 2 aromatic carbocycles. The van der Waals surface area contributed by atoms with Crippen LogP contribution < -0.4 is 19.5 Å². The molecule has 1 unspecified atom stereocenters. The second kappa shape index (κ2) is 16.4. The number of benzene rings is 2. The number of aliphatic hydroxyl groups is 2. The van der Waals surface area contributed by atoms with Crippen molar-refractivity contribution in [3.05, 3.63) is 77.6 Å². The van der Waals surface area contributed by atoms with Crippen LogP contribution in [0.4, 0.5) is 4.79 Å². The Morgan fingerprint density at radius 1 is 1.10 bits per heavy atom. The van der Waals surface area contributed by atoms with Gasteiger partial charge in [0.05, 0.1) is 44.2 Å². The average molecular weight is 744 g/mol. The van der Waals surface area contributed by atoms with Crippen molar-refractivity contribution < 1.29 is 48.2 Å². The fraction of sp³-hybridized carbons (Fsp3) is 0.526. The number of carbonyl (C=O) groups excluding carboxylic acids is 2. The molecule has 2 aliphatic carbocycles. The molecule has 6 atom stereocenters. The molecule has 11 nitrogen and oxygen atoms in total. The van der Waals surface area contributed by atoms with E-state index < -0.39 is 47.1 Å². The molecule has 1 saturated carbocycles. The quantitative estimate of drug-likeness (QED) is 0.103. The van der Waals surface area contributed by atoms with Crippen LogP contribution >= 0.6 is 21.6 Å². The molecule has 0 saturated heterocycles. The van der Waals surface area contributed by atoms with E-state index in [1.807, 2.05) is 62.4 Å². The Morgan fingerprint density at radius 3 is 2.51 bits per heavy atom. The molecule has 0 spiro atoms. The number of fused-ring (bicyclic) bond motifs is 3. The number of rotatable bonds is 16. The van der Waals surface area contributed by atoms with Crippen LogP contribution in [-0.4, -0.2) is 85.6 Å². The van der Waals surface area contributed by atoms with Crippen LogP contribution in [0.15, 0.2) is 66.5 Å². The average Bonchev–Trinajstić information content (AvgIpc) is 3.52. The van der Waals surface area contributed by atoms with Gasteiger partial charge in [0.25, 0.3) is 0 Å². The molecule has 13 heteroatoms. The number of ether oxygens (including phenoxy) is 6. The molecule has 3 aliphatic rings. The summed E-state index contributed by atoms with van der Waals surface area (Å²) < 4.78 is 34.8. The van der Waals surface area contributed by atoms with E-state index in [0.29, 0.717) is 56.1 Å². The Hall–Kier alpha value is -3.52. The fourth-order valence-corrected chi connectivity index (χ4v) is 9.42. The molecule has 1 fully saturated rings. The lowest BCUT2D eigenvalue weighted by Gasteiger charge is -2.45. The smallest absolute Gasteiger partial charge is 0.407 e. The first kappa shape index (κ1) is 38.7. The highest BCUT2D eigenvalue weighted by molar-refractivity contribution is 8.77. The van der Waals surface area contributed by atoms with Gasteiger partial charge in [-0.05, 0) is 50.8 Å². The molecule has 51 heavy (non-hydrogen) atoms. The van der Waals surface area contributed by atoms with E-state index in [1.54, 1.807) is 40.8 Å². The van der Waals surface area contributed by atoms with Gasteiger partial charge >= 0.3 is 12.1 Å². The molecule has 1 heterocycles. The first-order chi connectivity index (χ1) is 24.5. The summed E-state index contributed by atoms with van der Waals surface area (Å²) in [6, 6.07) is 12.6. The van der Waals surface area contributed by atoms with Crippen LogP contribution in [0.3, 0.4) is 0 Å². The van der Waals surface area contributed by atoms with Crippen molar-refractivity contribution in [2.24, 2.45) is 11.8 Å². The third-order valence-electron chi connectivity index (χ3n) is 9.65. The van der Waals surface area contributed by atoms with Crippen LogP contribution in [0, 0.1) is 11.8 Å². The highest BCUT2D eigenvalue weighted by Gasteiger charge is 2.79. The first-order valence-corrected chi connectivity index (χ1v) is 19.5. The summed E-state index contributed by atoms with van der Waals surface area (Å²) in [5.74, 6) is -0.524. The SMILES string of the molecule is CCSSC(C)(C)COC(=O)NCCCCOc1cc(OC)c2c(c1)O[C@]1(C3C=CC(OC)=CC3)[C@@H](c3ccccc3)[C@H](C(=O)OC)[C@H](O)[C@]21O. The molecule has 0 bridgehead atoms.